The molecule has 132 valence electrons. The van der Waals surface area contributed by atoms with Gasteiger partial charge in [-0.2, -0.15) is 0 Å². The molecule has 0 aliphatic heterocycles. The Kier molecular flexibility index (Phi) is 4.41. The van der Waals surface area contributed by atoms with Crippen molar-refractivity contribution in [2.75, 3.05) is 5.73 Å². The molecule has 0 spiro atoms. The normalized spacial score (nSPS) is 11.8. The third kappa shape index (κ3) is 3.06. The minimum Gasteiger partial charge on any atom is -0.396 e. The molecule has 3 aromatic heterocycles. The Hall–Kier alpha value is -2.56. The predicted octanol–water partition coefficient (Wildman–Crippen LogP) is 3.42. The van der Waals surface area contributed by atoms with E-state index in [1.54, 1.807) is 6.92 Å². The molecule has 3 aromatic rings. The summed E-state index contributed by atoms with van der Waals surface area (Å²) in [5, 5.41) is 6.29. The smallest absolute Gasteiger partial charge is 0.281 e. The number of halogens is 5. The first kappa shape index (κ1) is 17.3. The number of hydrogen-bond acceptors (Lipinski definition) is 7. The molecule has 3 heterocycles. The number of fused-ring (bicyclic) bond motifs is 1. The van der Waals surface area contributed by atoms with Gasteiger partial charge < -0.3 is 5.73 Å². The Morgan fingerprint density at radius 3 is 2.20 bits per heavy atom. The van der Waals surface area contributed by atoms with Gasteiger partial charge in [0.2, 0.25) is 5.65 Å². The van der Waals surface area contributed by atoms with Crippen LogP contribution in [0.4, 0.5) is 23.2 Å². The van der Waals surface area contributed by atoms with Crippen molar-refractivity contribution < 1.29 is 22.2 Å². The van der Waals surface area contributed by atoms with Crippen LogP contribution in [0.5, 0.6) is 0 Å². The second-order valence-electron chi connectivity index (χ2n) is 5.03. The first-order chi connectivity index (χ1) is 11.8. The fourth-order valence-corrected chi connectivity index (χ4v) is 2.52. The molecular weight excluding hydrogens is 368 g/mol. The average molecular weight is 377 g/mol. The highest BCUT2D eigenvalue weighted by Crippen LogP contribution is 2.33. The summed E-state index contributed by atoms with van der Waals surface area (Å²) in [7, 11) is 0. The summed E-state index contributed by atoms with van der Waals surface area (Å²) < 4.78 is 56.6. The number of aromatic nitrogens is 5. The molecule has 0 fully saturated rings. The maximum Gasteiger partial charge on any atom is 0.281 e. The molecule has 12 heteroatoms. The molecule has 3 rings (SSSR count). The van der Waals surface area contributed by atoms with E-state index >= 15 is 0 Å². The van der Waals surface area contributed by atoms with Gasteiger partial charge in [-0.3, -0.25) is 0 Å². The van der Waals surface area contributed by atoms with E-state index in [-0.39, 0.29) is 29.1 Å². The van der Waals surface area contributed by atoms with Crippen molar-refractivity contribution in [1.29, 1.82) is 0 Å². The monoisotopic (exact) mass is 376 g/mol. The van der Waals surface area contributed by atoms with Gasteiger partial charge in [0.1, 0.15) is 17.2 Å². The lowest BCUT2D eigenvalue weighted by Gasteiger charge is -2.12. The lowest BCUT2D eigenvalue weighted by molar-refractivity contribution is 0.136. The number of pyridine rings is 1. The predicted molar refractivity (Wildman–Crippen MR) is 78.5 cm³/mol. The third-order valence-corrected chi connectivity index (χ3v) is 3.85. The molecule has 7 nitrogen and oxygen atoms in total. The van der Waals surface area contributed by atoms with Crippen molar-refractivity contribution in [2.45, 2.75) is 26.2 Å². The molecule has 25 heavy (non-hydrogen) atoms. The molecule has 0 atom stereocenters. The summed E-state index contributed by atoms with van der Waals surface area (Å²) in [6.45, 7) is 1.58. The largest absolute Gasteiger partial charge is 0.396 e. The van der Waals surface area contributed by atoms with Gasteiger partial charge in [0.25, 0.3) is 12.9 Å². The van der Waals surface area contributed by atoms with E-state index in [0.717, 1.165) is 0 Å². The Balaban J connectivity index is 2.12. The van der Waals surface area contributed by atoms with Crippen molar-refractivity contribution in [3.63, 3.8) is 0 Å². The number of alkyl halides is 4. The lowest BCUT2D eigenvalue weighted by Crippen LogP contribution is -2.10. The van der Waals surface area contributed by atoms with E-state index in [0.29, 0.717) is 11.3 Å². The minimum absolute atomic E-state index is 0.125. The average Bonchev–Trinajstić information content (AvgIpc) is 3.00. The lowest BCUT2D eigenvalue weighted by atomic mass is 10.1. The summed E-state index contributed by atoms with van der Waals surface area (Å²) in [6, 6.07) is 0. The number of nitrogens with two attached hydrogens (primary N) is 1. The summed E-state index contributed by atoms with van der Waals surface area (Å²) in [6.07, 6.45) is -6.49. The van der Waals surface area contributed by atoms with Gasteiger partial charge in [-0.1, -0.05) is 11.6 Å². The highest BCUT2D eigenvalue weighted by atomic mass is 35.5. The Morgan fingerprint density at radius 2 is 1.64 bits per heavy atom. The van der Waals surface area contributed by atoms with Crippen molar-refractivity contribution in [3.8, 4) is 0 Å². The van der Waals surface area contributed by atoms with Gasteiger partial charge in [-0.05, 0) is 17.2 Å². The highest BCUT2D eigenvalue weighted by molar-refractivity contribution is 6.31. The maximum absolute atomic E-state index is 13.0. The van der Waals surface area contributed by atoms with Crippen LogP contribution in [-0.2, 0) is 6.42 Å². The van der Waals surface area contributed by atoms with E-state index in [4.69, 9.17) is 17.3 Å². The number of aryl methyl sites for hydroxylation is 1. The number of anilines is 1. The Labute approximate surface area is 142 Å². The van der Waals surface area contributed by atoms with Gasteiger partial charge in [-0.15, -0.1) is 0 Å². The number of nitrogens with zero attached hydrogens (tertiary/aromatic N) is 5. The second kappa shape index (κ2) is 6.39. The molecular formula is C13H9ClF4N6O. The van der Waals surface area contributed by atoms with Crippen LogP contribution < -0.4 is 5.73 Å². The molecule has 0 amide bonds. The van der Waals surface area contributed by atoms with Crippen LogP contribution in [0.1, 0.15) is 41.3 Å². The van der Waals surface area contributed by atoms with Crippen LogP contribution in [0.15, 0.2) is 4.63 Å². The van der Waals surface area contributed by atoms with Gasteiger partial charge in [0.15, 0.2) is 5.52 Å². The van der Waals surface area contributed by atoms with E-state index in [1.165, 1.54) is 0 Å². The van der Waals surface area contributed by atoms with E-state index < -0.39 is 29.3 Å². The SMILES string of the molecule is Cc1nc2nonc2c(N)c1Cc1nc(C(F)F)c(Cl)c(C(F)F)n1. The fraction of sp³-hybridized carbons (Fsp3) is 0.308. The fourth-order valence-electron chi connectivity index (χ4n) is 2.27. The summed E-state index contributed by atoms with van der Waals surface area (Å²) >= 11 is 5.55. The van der Waals surface area contributed by atoms with Crippen molar-refractivity contribution in [3.05, 3.63) is 33.5 Å². The highest BCUT2D eigenvalue weighted by Gasteiger charge is 2.25. The van der Waals surface area contributed by atoms with Crippen molar-refractivity contribution in [1.82, 2.24) is 25.3 Å². The topological polar surface area (TPSA) is 104 Å². The first-order valence-electron chi connectivity index (χ1n) is 6.79. The maximum atomic E-state index is 13.0. The van der Waals surface area contributed by atoms with Crippen LogP contribution in [0, 0.1) is 6.92 Å². The molecule has 2 N–H and O–H groups in total. The van der Waals surface area contributed by atoms with Gasteiger partial charge in [0, 0.05) is 17.7 Å². The standard InChI is InChI=1S/C13H9ClF4N6O/c1-3-4(7(19)10-13(20-3)24-25-23-10)2-5-21-8(11(15)16)6(14)9(22-5)12(17)18/h11-12H,2,19H2,1H3. The van der Waals surface area contributed by atoms with Gasteiger partial charge >= 0.3 is 0 Å². The first-order valence-corrected chi connectivity index (χ1v) is 7.17. The second-order valence-corrected chi connectivity index (χ2v) is 5.41. The van der Waals surface area contributed by atoms with Crippen molar-refractivity contribution >= 4 is 28.5 Å². The zero-order valence-electron chi connectivity index (χ0n) is 12.5. The molecule has 0 unspecified atom stereocenters. The van der Waals surface area contributed by atoms with Crippen LogP contribution >= 0.6 is 11.6 Å². The van der Waals surface area contributed by atoms with E-state index in [1.807, 2.05) is 0 Å². The van der Waals surface area contributed by atoms with E-state index in [2.05, 4.69) is 29.9 Å². The molecule has 0 radical (unpaired) electrons. The van der Waals surface area contributed by atoms with Crippen LogP contribution in [0.25, 0.3) is 11.2 Å². The summed E-state index contributed by atoms with van der Waals surface area (Å²) in [4.78, 5) is 11.3. The molecule has 0 aliphatic carbocycles. The molecule has 0 aliphatic rings. The van der Waals surface area contributed by atoms with Crippen molar-refractivity contribution in [2.24, 2.45) is 0 Å². The number of hydrogen-bond donors (Lipinski definition) is 1. The molecule has 0 saturated carbocycles. The molecule has 0 aromatic carbocycles. The summed E-state index contributed by atoms with van der Waals surface area (Å²) in [5.41, 5.74) is 5.21. The Morgan fingerprint density at radius 1 is 1.04 bits per heavy atom. The third-order valence-electron chi connectivity index (χ3n) is 3.46. The van der Waals surface area contributed by atoms with Crippen LogP contribution in [0.3, 0.4) is 0 Å². The van der Waals surface area contributed by atoms with Crippen LogP contribution in [0.2, 0.25) is 5.02 Å². The number of nitrogen functional groups attached to an aromatic ring is 1. The molecule has 0 saturated heterocycles. The zero-order valence-corrected chi connectivity index (χ0v) is 13.2. The van der Waals surface area contributed by atoms with E-state index in [9.17, 15) is 17.6 Å². The number of rotatable bonds is 4. The van der Waals surface area contributed by atoms with Crippen LogP contribution in [-0.4, -0.2) is 25.3 Å². The molecule has 0 bridgehead atoms. The minimum atomic E-state index is -3.13. The van der Waals surface area contributed by atoms with Gasteiger partial charge in [0.05, 0.1) is 10.7 Å². The van der Waals surface area contributed by atoms with Gasteiger partial charge in [-0.25, -0.2) is 37.1 Å². The summed E-state index contributed by atoms with van der Waals surface area (Å²) in [5.74, 6) is -0.289. The quantitative estimate of drug-likeness (QED) is 0.696. The zero-order chi connectivity index (χ0) is 18.3. The Bertz CT molecular complexity index is 919.